The monoisotopic (exact) mass is 648 g/mol. The molecule has 0 radical (unpaired) electrons. The lowest BCUT2D eigenvalue weighted by Crippen LogP contribution is -2.51. The van der Waals surface area contributed by atoms with Gasteiger partial charge in [0, 0.05) is 12.8 Å². The van der Waals surface area contributed by atoms with E-state index in [2.05, 4.69) is 10.6 Å². The van der Waals surface area contributed by atoms with Gasteiger partial charge >= 0.3 is 0 Å². The Morgan fingerprint density at radius 1 is 0.562 bits per heavy atom. The molecule has 0 aliphatic heterocycles. The van der Waals surface area contributed by atoms with Gasteiger partial charge in [0.2, 0.25) is 11.8 Å². The molecule has 8 heteroatoms. The van der Waals surface area contributed by atoms with Gasteiger partial charge in [-0.3, -0.25) is 9.59 Å². The number of carbonyl (C=O) groups excluding carboxylic acids is 2. The quantitative estimate of drug-likeness (QED) is 0.131. The molecular weight excluding hydrogens is 604 g/mol. The Hall–Kier alpha value is -4.34. The lowest BCUT2D eigenvalue weighted by atomic mass is 9.82. The Balaban J connectivity index is 1.25. The third-order valence-electron chi connectivity index (χ3n) is 10.0. The van der Waals surface area contributed by atoms with Gasteiger partial charge in [-0.25, -0.2) is 0 Å². The topological polar surface area (TPSA) is 139 Å². The Morgan fingerprint density at radius 3 is 1.31 bits per heavy atom. The molecule has 0 heterocycles. The first kappa shape index (κ1) is 33.6. The van der Waals surface area contributed by atoms with Crippen molar-refractivity contribution < 1.29 is 30.0 Å². The minimum atomic E-state index is -1.59. The Morgan fingerprint density at radius 2 is 0.917 bits per heavy atom. The van der Waals surface area contributed by atoms with Crippen LogP contribution in [0.3, 0.4) is 0 Å². The van der Waals surface area contributed by atoms with Crippen LogP contribution < -0.4 is 10.6 Å². The van der Waals surface area contributed by atoms with Gasteiger partial charge < -0.3 is 31.1 Å². The molecule has 0 saturated heterocycles. The van der Waals surface area contributed by atoms with Crippen molar-refractivity contribution in [3.05, 3.63) is 143 Å². The number of benzene rings is 4. The van der Waals surface area contributed by atoms with Gasteiger partial charge in [-0.2, -0.15) is 0 Å². The fourth-order valence-electron chi connectivity index (χ4n) is 7.34. The van der Waals surface area contributed by atoms with Crippen LogP contribution in [0.2, 0.25) is 0 Å². The standard InChI is InChI=1S/C40H44N2O6/c43-33-23-27-15-7-9-17-29(27)35(33)41-39(47)31(21-19-25-11-3-1-4-12-25)37(45)38(46)32(22-20-26-13-5-2-6-14-26)40(48)42-36-30-18-10-8-16-28(30)24-34(36)44/h1-18,31-38,43-46H,19-24H2,(H,41,47)(H,42,48)/t31-,32-,33+,34+,35+,36+,37+,38+/m0/s1. The van der Waals surface area contributed by atoms with E-state index in [-0.39, 0.29) is 12.8 Å². The van der Waals surface area contributed by atoms with Crippen molar-refractivity contribution >= 4 is 11.8 Å². The maximum Gasteiger partial charge on any atom is 0.226 e. The number of aliphatic hydroxyl groups is 4. The summed E-state index contributed by atoms with van der Waals surface area (Å²) in [6, 6.07) is 33.0. The van der Waals surface area contributed by atoms with Gasteiger partial charge in [0.25, 0.3) is 0 Å². The van der Waals surface area contributed by atoms with Crippen LogP contribution in [-0.4, -0.2) is 56.7 Å². The predicted octanol–water partition coefficient (Wildman–Crippen LogP) is 3.76. The Kier molecular flexibility index (Phi) is 10.7. The molecule has 6 N–H and O–H groups in total. The second-order valence-electron chi connectivity index (χ2n) is 13.2. The van der Waals surface area contributed by atoms with Crippen molar-refractivity contribution in [3.8, 4) is 0 Å². The smallest absolute Gasteiger partial charge is 0.226 e. The minimum absolute atomic E-state index is 0.209. The maximum atomic E-state index is 14.0. The minimum Gasteiger partial charge on any atom is -0.390 e. The second kappa shape index (κ2) is 15.3. The number of hydrogen-bond acceptors (Lipinski definition) is 6. The number of nitrogens with one attached hydrogen (secondary N) is 2. The molecule has 6 rings (SSSR count). The average molecular weight is 649 g/mol. The van der Waals surface area contributed by atoms with Crippen molar-refractivity contribution in [2.45, 2.75) is 75.0 Å². The van der Waals surface area contributed by atoms with Crippen LogP contribution in [-0.2, 0) is 35.3 Å². The van der Waals surface area contributed by atoms with E-state index in [0.29, 0.717) is 25.7 Å². The van der Waals surface area contributed by atoms with E-state index in [1.807, 2.05) is 109 Å². The summed E-state index contributed by atoms with van der Waals surface area (Å²) in [7, 11) is 0. The van der Waals surface area contributed by atoms with Gasteiger partial charge in [-0.05, 0) is 59.1 Å². The summed E-state index contributed by atoms with van der Waals surface area (Å²) in [4.78, 5) is 28.1. The van der Waals surface area contributed by atoms with E-state index in [1.165, 1.54) is 0 Å². The van der Waals surface area contributed by atoms with Gasteiger partial charge in [0.05, 0.1) is 48.3 Å². The van der Waals surface area contributed by atoms with Gasteiger partial charge in [-0.1, -0.05) is 109 Å². The SMILES string of the molecule is O=C(N[C@@H]1c2ccccc2C[C@H]1O)[C@@H](CCc1ccccc1)[C@@H](O)[C@H](O)[C@H](CCc1ccccc1)C(=O)N[C@@H]1c2ccccc2C[C@H]1O. The number of rotatable bonds is 13. The molecule has 0 aromatic heterocycles. The molecule has 250 valence electrons. The van der Waals surface area contributed by atoms with E-state index in [9.17, 15) is 30.0 Å². The average Bonchev–Trinajstić information content (AvgIpc) is 3.59. The third-order valence-corrected chi connectivity index (χ3v) is 10.0. The number of amides is 2. The molecule has 0 unspecified atom stereocenters. The predicted molar refractivity (Wildman–Crippen MR) is 183 cm³/mol. The zero-order chi connectivity index (χ0) is 33.6. The van der Waals surface area contributed by atoms with Crippen LogP contribution in [0.4, 0.5) is 0 Å². The molecule has 0 fully saturated rings. The van der Waals surface area contributed by atoms with E-state index in [1.54, 1.807) is 0 Å². The van der Waals surface area contributed by atoms with E-state index in [0.717, 1.165) is 33.4 Å². The molecule has 2 aliphatic rings. The Labute approximate surface area is 281 Å². The van der Waals surface area contributed by atoms with Crippen LogP contribution in [0, 0.1) is 11.8 Å². The number of aryl methyl sites for hydroxylation is 2. The van der Waals surface area contributed by atoms with Crippen LogP contribution in [0.15, 0.2) is 109 Å². The third kappa shape index (κ3) is 7.53. The zero-order valence-corrected chi connectivity index (χ0v) is 26.9. The molecule has 0 bridgehead atoms. The first-order valence-electron chi connectivity index (χ1n) is 16.9. The van der Waals surface area contributed by atoms with Crippen molar-refractivity contribution in [1.82, 2.24) is 10.6 Å². The summed E-state index contributed by atoms with van der Waals surface area (Å²) < 4.78 is 0. The number of carbonyl (C=O) groups is 2. The summed E-state index contributed by atoms with van der Waals surface area (Å²) >= 11 is 0. The largest absolute Gasteiger partial charge is 0.390 e. The lowest BCUT2D eigenvalue weighted by Gasteiger charge is -2.33. The highest BCUT2D eigenvalue weighted by Crippen LogP contribution is 2.34. The lowest BCUT2D eigenvalue weighted by molar-refractivity contribution is -0.143. The van der Waals surface area contributed by atoms with Crippen LogP contribution in [0.25, 0.3) is 0 Å². The van der Waals surface area contributed by atoms with Crippen LogP contribution in [0.5, 0.6) is 0 Å². The molecule has 8 atom stereocenters. The molecule has 4 aromatic rings. The highest BCUT2D eigenvalue weighted by Gasteiger charge is 2.42. The van der Waals surface area contributed by atoms with Gasteiger partial charge in [0.15, 0.2) is 0 Å². The van der Waals surface area contributed by atoms with Crippen molar-refractivity contribution in [2.24, 2.45) is 11.8 Å². The molecule has 0 spiro atoms. The van der Waals surface area contributed by atoms with E-state index < -0.39 is 60.1 Å². The zero-order valence-electron chi connectivity index (χ0n) is 26.9. The van der Waals surface area contributed by atoms with E-state index in [4.69, 9.17) is 0 Å². The van der Waals surface area contributed by atoms with Crippen LogP contribution >= 0.6 is 0 Å². The van der Waals surface area contributed by atoms with Crippen molar-refractivity contribution in [3.63, 3.8) is 0 Å². The summed E-state index contributed by atoms with van der Waals surface area (Å²) in [6.07, 6.45) is -2.69. The maximum absolute atomic E-state index is 14.0. The molecule has 0 saturated carbocycles. The van der Waals surface area contributed by atoms with Gasteiger partial charge in [-0.15, -0.1) is 0 Å². The highest BCUT2D eigenvalue weighted by molar-refractivity contribution is 5.82. The van der Waals surface area contributed by atoms with Crippen molar-refractivity contribution in [1.29, 1.82) is 0 Å². The summed E-state index contributed by atoms with van der Waals surface area (Å²) in [5, 5.41) is 51.3. The summed E-state index contributed by atoms with van der Waals surface area (Å²) in [5.74, 6) is -3.16. The van der Waals surface area contributed by atoms with Crippen molar-refractivity contribution in [2.75, 3.05) is 0 Å². The summed E-state index contributed by atoms with van der Waals surface area (Å²) in [5.41, 5.74) is 5.48. The fourth-order valence-corrected chi connectivity index (χ4v) is 7.34. The number of hydrogen-bond donors (Lipinski definition) is 6. The fraction of sp³-hybridized carbons (Fsp3) is 0.350. The van der Waals surface area contributed by atoms with Gasteiger partial charge in [0.1, 0.15) is 0 Å². The molecule has 2 amide bonds. The van der Waals surface area contributed by atoms with E-state index >= 15 is 0 Å². The molecule has 4 aromatic carbocycles. The second-order valence-corrected chi connectivity index (χ2v) is 13.2. The number of aliphatic hydroxyl groups excluding tert-OH is 4. The Bertz CT molecular complexity index is 1560. The first-order valence-corrected chi connectivity index (χ1v) is 16.9. The van der Waals surface area contributed by atoms with Crippen LogP contribution in [0.1, 0.15) is 58.3 Å². The normalized spacial score (nSPS) is 22.2. The first-order chi connectivity index (χ1) is 23.3. The summed E-state index contributed by atoms with van der Waals surface area (Å²) in [6.45, 7) is 0. The molecule has 2 aliphatic carbocycles. The molecular formula is C40H44N2O6. The highest BCUT2D eigenvalue weighted by atomic mass is 16.3. The molecule has 48 heavy (non-hydrogen) atoms. The molecule has 8 nitrogen and oxygen atoms in total. The number of fused-ring (bicyclic) bond motifs is 2.